The quantitative estimate of drug-likeness (QED) is 0.792. The lowest BCUT2D eigenvalue weighted by molar-refractivity contribution is -0.116. The molecule has 0 heterocycles. The Hall–Kier alpha value is -2.53. The number of benzene rings is 2. The van der Waals surface area contributed by atoms with Crippen LogP contribution in [0.25, 0.3) is 0 Å². The van der Waals surface area contributed by atoms with Gasteiger partial charge >= 0.3 is 0 Å². The average Bonchev–Trinajstić information content (AvgIpc) is 2.53. The zero-order valence-corrected chi connectivity index (χ0v) is 13.9. The Morgan fingerprint density at radius 1 is 1.12 bits per heavy atom. The third-order valence-electron chi connectivity index (χ3n) is 3.64. The van der Waals surface area contributed by atoms with Crippen molar-refractivity contribution in [2.24, 2.45) is 0 Å². The molecule has 0 fully saturated rings. The molecule has 0 spiro atoms. The van der Waals surface area contributed by atoms with Crippen molar-refractivity contribution in [2.45, 2.75) is 19.9 Å². The van der Waals surface area contributed by atoms with Crippen LogP contribution in [0.5, 0.6) is 0 Å². The summed E-state index contributed by atoms with van der Waals surface area (Å²) in [5.74, 6) is -0.365. The maximum atomic E-state index is 13.1. The minimum atomic E-state index is -0.257. The fourth-order valence-corrected chi connectivity index (χ4v) is 2.33. The molecule has 5 heteroatoms. The smallest absolute Gasteiger partial charge is 0.225 e. The van der Waals surface area contributed by atoms with Gasteiger partial charge in [0.25, 0.3) is 0 Å². The van der Waals surface area contributed by atoms with E-state index in [2.05, 4.69) is 5.32 Å². The lowest BCUT2D eigenvalue weighted by Crippen LogP contribution is -2.24. The molecule has 0 bridgehead atoms. The van der Waals surface area contributed by atoms with Gasteiger partial charge in [0.15, 0.2) is 5.78 Å². The second-order valence-corrected chi connectivity index (χ2v) is 5.80. The highest BCUT2D eigenvalue weighted by Crippen LogP contribution is 2.11. The topological polar surface area (TPSA) is 49.4 Å². The van der Waals surface area contributed by atoms with E-state index in [4.69, 9.17) is 0 Å². The van der Waals surface area contributed by atoms with Crippen LogP contribution in [-0.4, -0.2) is 30.2 Å². The number of carbonyl (C=O) groups excluding carboxylic acids is 2. The number of Topliss-reactive ketones (excluding diaryl/α,β-unsaturated/α-hetero) is 1. The van der Waals surface area contributed by atoms with Gasteiger partial charge in [-0.2, -0.15) is 0 Å². The molecule has 1 N–H and O–H groups in total. The van der Waals surface area contributed by atoms with Crippen molar-refractivity contribution < 1.29 is 14.0 Å². The molecule has 0 aromatic heterocycles. The van der Waals surface area contributed by atoms with Gasteiger partial charge in [0.1, 0.15) is 5.82 Å². The number of halogens is 1. The van der Waals surface area contributed by atoms with Crippen molar-refractivity contribution >= 4 is 17.4 Å². The molecule has 0 aliphatic rings. The summed E-state index contributed by atoms with van der Waals surface area (Å²) in [6.45, 7) is 2.65. The second kappa shape index (κ2) is 8.36. The van der Waals surface area contributed by atoms with Gasteiger partial charge < -0.3 is 10.2 Å². The summed E-state index contributed by atoms with van der Waals surface area (Å²) < 4.78 is 13.1. The molecule has 126 valence electrons. The largest absolute Gasteiger partial charge is 0.326 e. The summed E-state index contributed by atoms with van der Waals surface area (Å²) in [6, 6.07) is 13.2. The molecule has 0 unspecified atom stereocenters. The Bertz CT molecular complexity index is 714. The number of carbonyl (C=O) groups is 2. The zero-order valence-electron chi connectivity index (χ0n) is 13.9. The zero-order chi connectivity index (χ0) is 17.5. The van der Waals surface area contributed by atoms with Crippen LogP contribution in [0.15, 0.2) is 48.5 Å². The Labute approximate surface area is 141 Å². The highest BCUT2D eigenvalue weighted by Gasteiger charge is 2.07. The van der Waals surface area contributed by atoms with Gasteiger partial charge in [-0.05, 0) is 55.9 Å². The number of anilines is 1. The Balaban J connectivity index is 1.79. The van der Waals surface area contributed by atoms with E-state index in [1.165, 1.54) is 19.1 Å². The van der Waals surface area contributed by atoms with Crippen LogP contribution in [0.2, 0.25) is 0 Å². The molecule has 4 nitrogen and oxygen atoms in total. The number of amides is 1. The van der Waals surface area contributed by atoms with Crippen molar-refractivity contribution in [2.75, 3.05) is 18.9 Å². The van der Waals surface area contributed by atoms with Crippen molar-refractivity contribution in [3.63, 3.8) is 0 Å². The minimum absolute atomic E-state index is 0.00755. The lowest BCUT2D eigenvalue weighted by Gasteiger charge is -2.16. The summed E-state index contributed by atoms with van der Waals surface area (Å²) in [5, 5.41) is 2.80. The molecule has 0 saturated heterocycles. The first-order valence-corrected chi connectivity index (χ1v) is 7.78. The van der Waals surface area contributed by atoms with Gasteiger partial charge in [-0.1, -0.05) is 12.1 Å². The van der Waals surface area contributed by atoms with Gasteiger partial charge in [0, 0.05) is 30.8 Å². The molecule has 0 aliphatic carbocycles. The van der Waals surface area contributed by atoms with E-state index in [0.717, 1.165) is 5.56 Å². The maximum Gasteiger partial charge on any atom is 0.225 e. The summed E-state index contributed by atoms with van der Waals surface area (Å²) >= 11 is 0. The van der Waals surface area contributed by atoms with Crippen molar-refractivity contribution in [1.29, 1.82) is 0 Å². The second-order valence-electron chi connectivity index (χ2n) is 5.80. The molecular weight excluding hydrogens is 307 g/mol. The summed E-state index contributed by atoms with van der Waals surface area (Å²) in [7, 11) is 1.89. The Morgan fingerprint density at radius 3 is 2.46 bits per heavy atom. The average molecular weight is 328 g/mol. The predicted molar refractivity (Wildman–Crippen MR) is 92.4 cm³/mol. The third kappa shape index (κ3) is 5.59. The van der Waals surface area contributed by atoms with Crippen molar-refractivity contribution in [1.82, 2.24) is 4.90 Å². The van der Waals surface area contributed by atoms with E-state index in [0.29, 0.717) is 30.8 Å². The molecule has 2 aromatic carbocycles. The molecule has 0 atom stereocenters. The van der Waals surface area contributed by atoms with E-state index >= 15 is 0 Å². The van der Waals surface area contributed by atoms with E-state index in [9.17, 15) is 14.0 Å². The number of rotatable bonds is 7. The van der Waals surface area contributed by atoms with Crippen LogP contribution in [0.4, 0.5) is 10.1 Å². The first-order chi connectivity index (χ1) is 11.4. The van der Waals surface area contributed by atoms with Gasteiger partial charge in [0.2, 0.25) is 5.91 Å². The van der Waals surface area contributed by atoms with E-state index in [1.54, 1.807) is 30.3 Å². The summed E-state index contributed by atoms with van der Waals surface area (Å²) in [4.78, 5) is 25.2. The maximum absolute atomic E-state index is 13.1. The highest BCUT2D eigenvalue weighted by atomic mass is 19.1. The van der Waals surface area contributed by atoms with Gasteiger partial charge in [-0.3, -0.25) is 9.59 Å². The summed E-state index contributed by atoms with van der Waals surface area (Å²) in [5.41, 5.74) is 2.15. The highest BCUT2D eigenvalue weighted by molar-refractivity contribution is 5.95. The van der Waals surface area contributed by atoms with Crippen LogP contribution >= 0.6 is 0 Å². The van der Waals surface area contributed by atoms with Gasteiger partial charge in [-0.15, -0.1) is 0 Å². The molecule has 0 saturated carbocycles. The Kier molecular flexibility index (Phi) is 6.21. The molecule has 1 amide bonds. The normalized spacial score (nSPS) is 10.7. The van der Waals surface area contributed by atoms with E-state index in [1.807, 2.05) is 18.0 Å². The number of nitrogens with zero attached hydrogens (tertiary/aromatic N) is 1. The van der Waals surface area contributed by atoms with Gasteiger partial charge in [0.05, 0.1) is 0 Å². The first kappa shape index (κ1) is 17.8. The minimum Gasteiger partial charge on any atom is -0.326 e. The third-order valence-corrected chi connectivity index (χ3v) is 3.64. The standard InChI is InChI=1S/C19H21FN2O2/c1-14(23)16-6-8-18(9-7-16)21-19(24)10-11-22(2)13-15-4-3-5-17(20)12-15/h3-9,12H,10-11,13H2,1-2H3,(H,21,24). The molecular formula is C19H21FN2O2. The van der Waals surface area contributed by atoms with E-state index < -0.39 is 0 Å². The predicted octanol–water partition coefficient (Wildman–Crippen LogP) is 3.49. The molecule has 2 aromatic rings. The fraction of sp³-hybridized carbons (Fsp3) is 0.263. The molecule has 0 radical (unpaired) electrons. The van der Waals surface area contributed by atoms with Crippen LogP contribution < -0.4 is 5.32 Å². The number of nitrogens with one attached hydrogen (secondary N) is 1. The van der Waals surface area contributed by atoms with Crippen LogP contribution in [0, 0.1) is 5.82 Å². The first-order valence-electron chi connectivity index (χ1n) is 7.78. The van der Waals surface area contributed by atoms with Crippen LogP contribution in [0.3, 0.4) is 0 Å². The van der Waals surface area contributed by atoms with Gasteiger partial charge in [-0.25, -0.2) is 4.39 Å². The SMILES string of the molecule is CC(=O)c1ccc(NC(=O)CCN(C)Cc2cccc(F)c2)cc1. The van der Waals surface area contributed by atoms with Crippen molar-refractivity contribution in [3.8, 4) is 0 Å². The molecule has 24 heavy (non-hydrogen) atoms. The number of hydrogen-bond donors (Lipinski definition) is 1. The fourth-order valence-electron chi connectivity index (χ4n) is 2.33. The number of ketones is 1. The Morgan fingerprint density at radius 2 is 1.83 bits per heavy atom. The molecule has 0 aliphatic heterocycles. The summed E-state index contributed by atoms with van der Waals surface area (Å²) in [6.07, 6.45) is 0.334. The monoisotopic (exact) mass is 328 g/mol. The van der Waals surface area contributed by atoms with Crippen LogP contribution in [0.1, 0.15) is 29.3 Å². The number of hydrogen-bond acceptors (Lipinski definition) is 3. The lowest BCUT2D eigenvalue weighted by atomic mass is 10.1. The van der Waals surface area contributed by atoms with Crippen molar-refractivity contribution in [3.05, 3.63) is 65.5 Å². The molecule has 2 rings (SSSR count). The van der Waals surface area contributed by atoms with Crippen LogP contribution in [-0.2, 0) is 11.3 Å². The van der Waals surface area contributed by atoms with E-state index in [-0.39, 0.29) is 17.5 Å².